The number of nitrogens with two attached hydrogens (primary N) is 1. The van der Waals surface area contributed by atoms with E-state index < -0.39 is 0 Å². The lowest BCUT2D eigenvalue weighted by molar-refractivity contribution is -0.131. The molecule has 2 aliphatic heterocycles. The van der Waals surface area contributed by atoms with Gasteiger partial charge in [-0.3, -0.25) is 9.69 Å². The van der Waals surface area contributed by atoms with E-state index in [0.717, 1.165) is 62.2 Å². The predicted octanol–water partition coefficient (Wildman–Crippen LogP) is 3.11. The number of rotatable bonds is 6. The first-order chi connectivity index (χ1) is 16.6. The molecule has 1 amide bonds. The second-order valence-corrected chi connectivity index (χ2v) is 11.1. The third-order valence-corrected chi connectivity index (χ3v) is 8.72. The summed E-state index contributed by atoms with van der Waals surface area (Å²) in [4.78, 5) is 19.7. The van der Waals surface area contributed by atoms with Crippen molar-refractivity contribution in [2.75, 3.05) is 49.3 Å². The topological polar surface area (TPSA) is 70.6 Å². The molecular weight excluding hydrogens is 444 g/mol. The fourth-order valence-corrected chi connectivity index (χ4v) is 6.77. The van der Waals surface area contributed by atoms with Crippen molar-refractivity contribution in [1.82, 2.24) is 19.6 Å². The smallest absolute Gasteiger partial charge is 0.240 e. The molecule has 2 saturated heterocycles. The zero-order valence-electron chi connectivity index (χ0n) is 20.3. The van der Waals surface area contributed by atoms with Crippen LogP contribution in [0.2, 0.25) is 0 Å². The molecule has 34 heavy (non-hydrogen) atoms. The minimum atomic E-state index is -0.318. The molecule has 2 N–H and O–H groups in total. The Labute approximate surface area is 207 Å². The van der Waals surface area contributed by atoms with Crippen molar-refractivity contribution in [2.24, 2.45) is 11.7 Å². The molecule has 0 radical (unpaired) electrons. The van der Waals surface area contributed by atoms with E-state index in [1.165, 1.54) is 31.5 Å². The van der Waals surface area contributed by atoms with Crippen LogP contribution >= 0.6 is 11.8 Å². The number of amides is 1. The van der Waals surface area contributed by atoms with E-state index in [2.05, 4.69) is 51.7 Å². The number of aromatic nitrogens is 2. The van der Waals surface area contributed by atoms with Crippen LogP contribution in [-0.2, 0) is 4.79 Å². The maximum Gasteiger partial charge on any atom is 0.240 e. The van der Waals surface area contributed by atoms with Gasteiger partial charge >= 0.3 is 0 Å². The SMILES string of the molecule is Cc1cc(N2CCN(C3CCC(CC(N)C(=O)N4CCSC4)CC3)CC2)n(-c2ccccc2)n1. The van der Waals surface area contributed by atoms with E-state index in [9.17, 15) is 4.79 Å². The third kappa shape index (κ3) is 5.29. The van der Waals surface area contributed by atoms with Crippen molar-refractivity contribution in [3.63, 3.8) is 0 Å². The van der Waals surface area contributed by atoms with Crippen LogP contribution in [0, 0.1) is 12.8 Å². The molecule has 1 aromatic heterocycles. The predicted molar refractivity (Wildman–Crippen MR) is 139 cm³/mol. The molecule has 1 saturated carbocycles. The molecule has 184 valence electrons. The van der Waals surface area contributed by atoms with E-state index in [0.29, 0.717) is 12.0 Å². The summed E-state index contributed by atoms with van der Waals surface area (Å²) in [7, 11) is 0. The molecule has 3 fully saturated rings. The normalized spacial score (nSPS) is 25.0. The molecule has 8 heteroatoms. The van der Waals surface area contributed by atoms with Gasteiger partial charge in [0.05, 0.1) is 23.3 Å². The van der Waals surface area contributed by atoms with Crippen molar-refractivity contribution in [2.45, 2.75) is 51.1 Å². The Morgan fingerprint density at radius 1 is 1.09 bits per heavy atom. The molecule has 1 aliphatic carbocycles. The van der Waals surface area contributed by atoms with Crippen LogP contribution in [0.25, 0.3) is 5.69 Å². The second-order valence-electron chi connectivity index (χ2n) is 10.1. The van der Waals surface area contributed by atoms with E-state index >= 15 is 0 Å². The zero-order chi connectivity index (χ0) is 23.5. The van der Waals surface area contributed by atoms with Gasteiger partial charge in [-0.1, -0.05) is 18.2 Å². The molecule has 0 bridgehead atoms. The Morgan fingerprint density at radius 2 is 1.82 bits per heavy atom. The number of hydrogen-bond acceptors (Lipinski definition) is 6. The molecule has 1 aromatic carbocycles. The number of benzene rings is 1. The van der Waals surface area contributed by atoms with Crippen LogP contribution in [0.5, 0.6) is 0 Å². The fourth-order valence-electron chi connectivity index (χ4n) is 5.81. The van der Waals surface area contributed by atoms with Gasteiger partial charge in [0.1, 0.15) is 5.82 Å². The number of thioether (sulfide) groups is 1. The van der Waals surface area contributed by atoms with Crippen molar-refractivity contribution in [3.8, 4) is 5.69 Å². The quantitative estimate of drug-likeness (QED) is 0.682. The molecule has 3 aliphatic rings. The first kappa shape index (κ1) is 23.7. The maximum atomic E-state index is 12.6. The van der Waals surface area contributed by atoms with Gasteiger partial charge in [0.25, 0.3) is 0 Å². The molecule has 5 rings (SSSR count). The summed E-state index contributed by atoms with van der Waals surface area (Å²) in [5, 5.41) is 4.76. The van der Waals surface area contributed by atoms with Gasteiger partial charge in [-0.15, -0.1) is 11.8 Å². The van der Waals surface area contributed by atoms with Gasteiger partial charge < -0.3 is 15.5 Å². The van der Waals surface area contributed by atoms with Crippen molar-refractivity contribution >= 4 is 23.5 Å². The number of carbonyl (C=O) groups is 1. The van der Waals surface area contributed by atoms with Gasteiger partial charge in [-0.2, -0.15) is 5.10 Å². The Morgan fingerprint density at radius 3 is 2.50 bits per heavy atom. The van der Waals surface area contributed by atoms with Gasteiger partial charge in [0.15, 0.2) is 0 Å². The van der Waals surface area contributed by atoms with Gasteiger partial charge in [-0.25, -0.2) is 4.68 Å². The number of nitrogens with zero attached hydrogens (tertiary/aromatic N) is 5. The van der Waals surface area contributed by atoms with Crippen LogP contribution in [0.15, 0.2) is 36.4 Å². The van der Waals surface area contributed by atoms with E-state index in [1.54, 1.807) is 0 Å². The van der Waals surface area contributed by atoms with Gasteiger partial charge in [0.2, 0.25) is 5.91 Å². The summed E-state index contributed by atoms with van der Waals surface area (Å²) in [6, 6.07) is 13.0. The van der Waals surface area contributed by atoms with E-state index in [-0.39, 0.29) is 11.9 Å². The van der Waals surface area contributed by atoms with Crippen LogP contribution in [-0.4, -0.2) is 81.9 Å². The lowest BCUT2D eigenvalue weighted by Gasteiger charge is -2.42. The largest absolute Gasteiger partial charge is 0.354 e. The first-order valence-electron chi connectivity index (χ1n) is 12.8. The Hall–Kier alpha value is -2.03. The molecule has 7 nitrogen and oxygen atoms in total. The molecule has 1 atom stereocenters. The minimum Gasteiger partial charge on any atom is -0.354 e. The molecule has 3 heterocycles. The summed E-state index contributed by atoms with van der Waals surface area (Å²) in [5.74, 6) is 3.81. The van der Waals surface area contributed by atoms with E-state index in [4.69, 9.17) is 10.8 Å². The monoisotopic (exact) mass is 482 g/mol. The Kier molecular flexibility index (Phi) is 7.46. The van der Waals surface area contributed by atoms with E-state index in [1.807, 2.05) is 22.7 Å². The molecule has 2 aromatic rings. The van der Waals surface area contributed by atoms with Crippen LogP contribution < -0.4 is 10.6 Å². The fraction of sp³-hybridized carbons (Fsp3) is 0.615. The summed E-state index contributed by atoms with van der Waals surface area (Å²) in [6.45, 7) is 7.19. The number of anilines is 1. The number of para-hydroxylation sites is 1. The van der Waals surface area contributed by atoms with Gasteiger partial charge in [-0.05, 0) is 57.1 Å². The molecular formula is C26H38N6OS. The highest BCUT2D eigenvalue weighted by molar-refractivity contribution is 7.99. The highest BCUT2D eigenvalue weighted by atomic mass is 32.2. The Bertz CT molecular complexity index is 943. The number of piperazine rings is 1. The number of hydrogen-bond donors (Lipinski definition) is 1. The highest BCUT2D eigenvalue weighted by Crippen LogP contribution is 2.32. The lowest BCUT2D eigenvalue weighted by atomic mass is 9.81. The van der Waals surface area contributed by atoms with Crippen molar-refractivity contribution in [3.05, 3.63) is 42.1 Å². The first-order valence-corrected chi connectivity index (χ1v) is 14.0. The molecule has 0 spiro atoms. The number of aryl methyl sites for hydroxylation is 1. The summed E-state index contributed by atoms with van der Waals surface area (Å²) >= 11 is 1.83. The average Bonchev–Trinajstić information content (AvgIpc) is 3.55. The summed E-state index contributed by atoms with van der Waals surface area (Å²) in [6.07, 6.45) is 5.70. The average molecular weight is 483 g/mol. The zero-order valence-corrected chi connectivity index (χ0v) is 21.1. The highest BCUT2D eigenvalue weighted by Gasteiger charge is 2.32. The molecule has 1 unspecified atom stereocenters. The summed E-state index contributed by atoms with van der Waals surface area (Å²) < 4.78 is 2.08. The standard InChI is InChI=1S/C26H38N6OS/c1-20-17-25(32(28-20)23-5-3-2-4-6-23)30-13-11-29(12-14-30)22-9-7-21(8-10-22)18-24(27)26(33)31-15-16-34-19-31/h2-6,17,21-22,24H,7-16,18-19,27H2,1H3. The summed E-state index contributed by atoms with van der Waals surface area (Å²) in [5.41, 5.74) is 8.48. The minimum absolute atomic E-state index is 0.160. The van der Waals surface area contributed by atoms with Crippen molar-refractivity contribution < 1.29 is 4.79 Å². The third-order valence-electron chi connectivity index (χ3n) is 7.75. The maximum absolute atomic E-state index is 12.6. The Balaban J connectivity index is 1.10. The van der Waals surface area contributed by atoms with Crippen molar-refractivity contribution in [1.29, 1.82) is 0 Å². The second kappa shape index (κ2) is 10.7. The number of carbonyl (C=O) groups excluding carboxylic acids is 1. The lowest BCUT2D eigenvalue weighted by Crippen LogP contribution is -2.51. The van der Waals surface area contributed by atoms with Crippen LogP contribution in [0.4, 0.5) is 5.82 Å². The van der Waals surface area contributed by atoms with Crippen LogP contribution in [0.1, 0.15) is 37.8 Å². The van der Waals surface area contributed by atoms with Crippen LogP contribution in [0.3, 0.4) is 0 Å². The van der Waals surface area contributed by atoms with Gasteiger partial charge in [0, 0.05) is 50.6 Å².